The van der Waals surface area contributed by atoms with Crippen LogP contribution in [0.5, 0.6) is 5.88 Å². The topological polar surface area (TPSA) is 199 Å². The van der Waals surface area contributed by atoms with Crippen LogP contribution in [-0.2, 0) is 32.4 Å². The van der Waals surface area contributed by atoms with Gasteiger partial charge in [-0.05, 0) is 20.3 Å². The molecular weight excluding hydrogens is 574 g/mol. The van der Waals surface area contributed by atoms with Gasteiger partial charge in [-0.2, -0.15) is 9.97 Å². The number of nitrogens with two attached hydrogens (primary N) is 1. The summed E-state index contributed by atoms with van der Waals surface area (Å²) in [4.78, 5) is 35.7. The van der Waals surface area contributed by atoms with E-state index in [-0.39, 0.29) is 54.3 Å². The number of ether oxygens (including phenoxy) is 2. The molecule has 2 aromatic heterocycles. The van der Waals surface area contributed by atoms with Crippen molar-refractivity contribution < 1.29 is 46.7 Å². The number of nitrogens with one attached hydrogen (secondary N) is 1. The molecule has 5 atom stereocenters. The van der Waals surface area contributed by atoms with Crippen LogP contribution >= 0.6 is 19.6 Å². The zero-order chi connectivity index (χ0) is 29.3. The molecule has 18 heteroatoms. The highest BCUT2D eigenvalue weighted by Gasteiger charge is 2.61. The fraction of sp³-hybridized carbons (Fsp3) is 0.682. The summed E-state index contributed by atoms with van der Waals surface area (Å²) in [7, 11) is -4.18. The van der Waals surface area contributed by atoms with E-state index in [0.29, 0.717) is 6.42 Å². The number of hydrogen-bond donors (Lipinski definition) is 3. The number of nitrogen functional groups attached to an aromatic ring is 1. The minimum atomic E-state index is -4.18. The summed E-state index contributed by atoms with van der Waals surface area (Å²) in [6, 6.07) is 0. The van der Waals surface area contributed by atoms with Gasteiger partial charge in [-0.15, -0.1) is 0 Å². The van der Waals surface area contributed by atoms with Gasteiger partial charge < -0.3 is 25.6 Å². The lowest BCUT2D eigenvalue weighted by Crippen LogP contribution is -2.44. The van der Waals surface area contributed by atoms with Crippen molar-refractivity contribution in [1.82, 2.24) is 24.8 Å². The summed E-state index contributed by atoms with van der Waals surface area (Å²) in [6.45, 7) is 6.46. The molecule has 15 nitrogen and oxygen atoms in total. The summed E-state index contributed by atoms with van der Waals surface area (Å²) >= 11 is 0.969. The molecule has 4 N–H and O–H groups in total. The predicted molar refractivity (Wildman–Crippen MR) is 140 cm³/mol. The van der Waals surface area contributed by atoms with E-state index in [2.05, 4.69) is 20.3 Å². The Kier molecular flexibility index (Phi) is 8.92. The van der Waals surface area contributed by atoms with Gasteiger partial charge in [0.25, 0.3) is 0 Å². The number of nitrogens with zero attached hydrogens (tertiary/aromatic N) is 4. The molecule has 4 heterocycles. The first-order chi connectivity index (χ1) is 18.8. The molecule has 1 unspecified atom stereocenters. The lowest BCUT2D eigenvalue weighted by molar-refractivity contribution is -0.118. The van der Waals surface area contributed by atoms with E-state index in [1.807, 2.05) is 0 Å². The van der Waals surface area contributed by atoms with Gasteiger partial charge in [0.1, 0.15) is 12.2 Å². The summed E-state index contributed by atoms with van der Waals surface area (Å²) in [5, 5.41) is 12.4. The maximum Gasteiger partial charge on any atom is 0.475 e. The second-order valence-electron chi connectivity index (χ2n) is 9.93. The molecule has 0 radical (unpaired) electrons. The van der Waals surface area contributed by atoms with E-state index < -0.39 is 49.3 Å². The SMILES string of the molecule is CCOC(=O)NCCC(C)(C)C(=O)SCCOP1(=O)OC[C@H]2O[C@@H](n3cnc4c(O)nc(N)nc43)[C@](C)(F)[C@@H]2O1. The van der Waals surface area contributed by atoms with E-state index in [0.717, 1.165) is 11.8 Å². The van der Waals surface area contributed by atoms with Crippen LogP contribution < -0.4 is 11.1 Å². The Balaban J connectivity index is 1.31. The van der Waals surface area contributed by atoms with Crippen LogP contribution in [0, 0.1) is 5.41 Å². The molecule has 2 aromatic rings. The highest BCUT2D eigenvalue weighted by Crippen LogP contribution is 2.59. The minimum Gasteiger partial charge on any atom is -0.492 e. The summed E-state index contributed by atoms with van der Waals surface area (Å²) in [5.74, 6) is -0.577. The maximum absolute atomic E-state index is 16.1. The number of carbonyl (C=O) groups excluding carboxylic acids is 2. The van der Waals surface area contributed by atoms with Crippen molar-refractivity contribution in [3.05, 3.63) is 6.33 Å². The third-order valence-corrected chi connectivity index (χ3v) is 9.04. The average Bonchev–Trinajstić information content (AvgIpc) is 3.39. The Bertz CT molecular complexity index is 1310. The molecule has 0 spiro atoms. The highest BCUT2D eigenvalue weighted by atomic mass is 32.2. The van der Waals surface area contributed by atoms with E-state index in [1.165, 1.54) is 17.8 Å². The Morgan fingerprint density at radius 2 is 2.17 bits per heavy atom. The number of anilines is 1. The smallest absolute Gasteiger partial charge is 0.475 e. The average molecular weight is 607 g/mol. The van der Waals surface area contributed by atoms with Gasteiger partial charge in [0.05, 0.1) is 26.1 Å². The van der Waals surface area contributed by atoms with Crippen molar-refractivity contribution in [2.24, 2.45) is 5.41 Å². The second kappa shape index (κ2) is 11.7. The van der Waals surface area contributed by atoms with Crippen LogP contribution in [0.4, 0.5) is 15.1 Å². The van der Waals surface area contributed by atoms with Gasteiger partial charge in [0.2, 0.25) is 11.8 Å². The maximum atomic E-state index is 16.1. The van der Waals surface area contributed by atoms with Gasteiger partial charge in [0.15, 0.2) is 28.2 Å². The summed E-state index contributed by atoms with van der Waals surface area (Å²) in [5.41, 5.74) is 2.66. The Labute approximate surface area is 233 Å². The molecule has 4 rings (SSSR count). The lowest BCUT2D eigenvalue weighted by Gasteiger charge is -2.33. The molecule has 1 amide bonds. The van der Waals surface area contributed by atoms with Crippen LogP contribution in [0.2, 0.25) is 0 Å². The number of alkyl halides is 1. The molecule has 2 fully saturated rings. The van der Waals surface area contributed by atoms with Crippen LogP contribution in [0.1, 0.15) is 40.3 Å². The van der Waals surface area contributed by atoms with Crippen molar-refractivity contribution >= 4 is 47.9 Å². The number of aromatic hydroxyl groups is 1. The Morgan fingerprint density at radius 1 is 1.43 bits per heavy atom. The van der Waals surface area contributed by atoms with Gasteiger partial charge in [-0.3, -0.25) is 22.9 Å². The number of aromatic nitrogens is 4. The lowest BCUT2D eigenvalue weighted by atomic mass is 9.91. The molecule has 2 saturated heterocycles. The first-order valence-electron chi connectivity index (χ1n) is 12.5. The van der Waals surface area contributed by atoms with Crippen molar-refractivity contribution in [3.8, 4) is 5.88 Å². The number of rotatable bonds is 10. The molecule has 40 heavy (non-hydrogen) atoms. The number of hydrogen-bond acceptors (Lipinski definition) is 14. The number of halogens is 1. The third kappa shape index (κ3) is 6.34. The number of imidazole rings is 1. The zero-order valence-corrected chi connectivity index (χ0v) is 24.1. The second-order valence-corrected chi connectivity index (χ2v) is 12.6. The summed E-state index contributed by atoms with van der Waals surface area (Å²) < 4.78 is 57.2. The quantitative estimate of drug-likeness (QED) is 0.263. The van der Waals surface area contributed by atoms with Crippen molar-refractivity contribution in [2.75, 3.05) is 37.9 Å². The van der Waals surface area contributed by atoms with Crippen LogP contribution in [-0.4, -0.2) is 85.8 Å². The number of phosphoric acid groups is 1. The van der Waals surface area contributed by atoms with Gasteiger partial charge >= 0.3 is 13.9 Å². The Morgan fingerprint density at radius 3 is 2.90 bits per heavy atom. The number of thioether (sulfide) groups is 1. The van der Waals surface area contributed by atoms with Crippen molar-refractivity contribution in [1.29, 1.82) is 0 Å². The zero-order valence-electron chi connectivity index (χ0n) is 22.4. The van der Waals surface area contributed by atoms with E-state index in [1.54, 1.807) is 20.8 Å². The van der Waals surface area contributed by atoms with Crippen LogP contribution in [0.15, 0.2) is 6.33 Å². The minimum absolute atomic E-state index is 0.000122. The molecule has 2 aliphatic heterocycles. The largest absolute Gasteiger partial charge is 0.492 e. The molecule has 222 valence electrons. The number of alkyl carbamates (subject to hydrolysis) is 1. The summed E-state index contributed by atoms with van der Waals surface area (Å²) in [6.07, 6.45) is -2.54. The number of carbonyl (C=O) groups is 2. The monoisotopic (exact) mass is 606 g/mol. The van der Waals surface area contributed by atoms with E-state index in [9.17, 15) is 19.3 Å². The van der Waals surface area contributed by atoms with Gasteiger partial charge in [0, 0.05) is 17.7 Å². The number of amides is 1. The predicted octanol–water partition coefficient (Wildman–Crippen LogP) is 2.70. The molecule has 0 aliphatic carbocycles. The third-order valence-electron chi connectivity index (χ3n) is 6.41. The standard InChI is InChI=1S/C22H32FN6O9PS/c1-5-34-20(32)25-7-6-21(2,3)18(31)40-9-8-35-39(33)36-10-12-14(38-39)22(4,23)17(37-12)29-11-26-13-15(29)27-19(24)28-16(13)30/h11-12,14,17H,5-10H2,1-4H3,(H,25,32)(H3,24,27,28,30)/t12-,14-,17-,22-,39?/m1/s1. The van der Waals surface area contributed by atoms with Crippen LogP contribution in [0.3, 0.4) is 0 Å². The van der Waals surface area contributed by atoms with Gasteiger partial charge in [-0.25, -0.2) is 18.7 Å². The van der Waals surface area contributed by atoms with Gasteiger partial charge in [-0.1, -0.05) is 25.6 Å². The van der Waals surface area contributed by atoms with Crippen molar-refractivity contribution in [2.45, 2.75) is 58.2 Å². The van der Waals surface area contributed by atoms with Crippen molar-refractivity contribution in [3.63, 3.8) is 0 Å². The van der Waals surface area contributed by atoms with E-state index >= 15 is 4.39 Å². The number of fused-ring (bicyclic) bond motifs is 2. The van der Waals surface area contributed by atoms with Crippen LogP contribution in [0.25, 0.3) is 11.2 Å². The first-order valence-corrected chi connectivity index (χ1v) is 14.9. The molecule has 2 aliphatic rings. The first kappa shape index (κ1) is 30.4. The number of phosphoric ester groups is 1. The molecule has 0 bridgehead atoms. The molecule has 0 aromatic carbocycles. The van der Waals surface area contributed by atoms with E-state index in [4.69, 9.17) is 28.8 Å². The molecular formula is C22H32FN6O9PS. The highest BCUT2D eigenvalue weighted by molar-refractivity contribution is 8.13. The fourth-order valence-corrected chi connectivity index (χ4v) is 6.67. The molecule has 0 saturated carbocycles. The Hall–Kier alpha value is -2.56. The normalized spacial score (nSPS) is 28.4. The fourth-order valence-electron chi connectivity index (χ4n) is 4.24.